The lowest BCUT2D eigenvalue weighted by atomic mass is 9.88. The molecule has 1 aliphatic carbocycles. The summed E-state index contributed by atoms with van der Waals surface area (Å²) in [5, 5.41) is 3.02. The van der Waals surface area contributed by atoms with Crippen molar-refractivity contribution in [1.82, 2.24) is 10.2 Å². The molecule has 1 aromatic rings. The monoisotopic (exact) mass is 392 g/mol. The molecule has 0 spiro atoms. The highest BCUT2D eigenvalue weighted by atomic mass is 32.2. The first-order chi connectivity index (χ1) is 13.1. The number of nitrogens with one attached hydrogen (secondary N) is 1. The van der Waals surface area contributed by atoms with E-state index in [2.05, 4.69) is 12.2 Å². The molecule has 1 aromatic carbocycles. The third-order valence-corrected chi connectivity index (χ3v) is 7.01. The van der Waals surface area contributed by atoms with Gasteiger partial charge in [-0.3, -0.25) is 9.59 Å². The molecule has 4 nitrogen and oxygen atoms in total. The van der Waals surface area contributed by atoms with Crippen LogP contribution in [-0.2, 0) is 4.79 Å². The number of rotatable bonds is 6. The largest absolute Gasteiger partial charge is 0.354 e. The van der Waals surface area contributed by atoms with Crippen LogP contribution < -0.4 is 5.32 Å². The van der Waals surface area contributed by atoms with Gasteiger partial charge in [0, 0.05) is 17.9 Å². The van der Waals surface area contributed by atoms with E-state index in [0.29, 0.717) is 23.8 Å². The molecule has 2 fully saturated rings. The molecule has 2 amide bonds. The van der Waals surface area contributed by atoms with E-state index < -0.39 is 6.04 Å². The smallest absolute Gasteiger partial charge is 0.255 e. The number of unbranched alkanes of at least 4 members (excludes halogenated alkanes) is 1. The van der Waals surface area contributed by atoms with E-state index in [4.69, 9.17) is 0 Å². The Hall–Kier alpha value is -1.56. The van der Waals surface area contributed by atoms with Gasteiger partial charge in [0.1, 0.15) is 11.9 Å². The van der Waals surface area contributed by atoms with Gasteiger partial charge in [0.05, 0.1) is 5.37 Å². The molecule has 2 atom stereocenters. The average Bonchev–Trinajstić information content (AvgIpc) is 3.14. The third-order valence-electron chi connectivity index (χ3n) is 5.55. The molecule has 1 N–H and O–H groups in total. The van der Waals surface area contributed by atoms with Crippen LogP contribution in [0.2, 0.25) is 0 Å². The van der Waals surface area contributed by atoms with Crippen LogP contribution >= 0.6 is 11.8 Å². The fraction of sp³-hybridized carbons (Fsp3) is 0.619. The summed E-state index contributed by atoms with van der Waals surface area (Å²) in [5.74, 6) is 0.476. The SMILES string of the molecule is CCCCNC(=O)[C@@H]1CS[C@@H](C2CCCCC2)N1C(=O)c1ccc(F)cc1. The second-order valence-corrected chi connectivity index (χ2v) is 8.65. The van der Waals surface area contributed by atoms with E-state index in [9.17, 15) is 14.0 Å². The molecule has 3 rings (SSSR count). The van der Waals surface area contributed by atoms with Crippen LogP contribution in [0.25, 0.3) is 0 Å². The Kier molecular flexibility index (Phi) is 7.16. The van der Waals surface area contributed by atoms with Gasteiger partial charge in [-0.2, -0.15) is 0 Å². The van der Waals surface area contributed by atoms with E-state index in [1.807, 2.05) is 0 Å². The molecule has 1 saturated heterocycles. The van der Waals surface area contributed by atoms with Gasteiger partial charge < -0.3 is 10.2 Å². The van der Waals surface area contributed by atoms with Gasteiger partial charge in [-0.25, -0.2) is 4.39 Å². The number of hydrogen-bond donors (Lipinski definition) is 1. The minimum Gasteiger partial charge on any atom is -0.354 e. The summed E-state index contributed by atoms with van der Waals surface area (Å²) < 4.78 is 13.3. The molecule has 1 saturated carbocycles. The van der Waals surface area contributed by atoms with Crippen molar-refractivity contribution in [3.8, 4) is 0 Å². The summed E-state index contributed by atoms with van der Waals surface area (Å²) in [5.41, 5.74) is 0.450. The van der Waals surface area contributed by atoms with Crippen LogP contribution in [0.4, 0.5) is 4.39 Å². The van der Waals surface area contributed by atoms with E-state index in [1.165, 1.54) is 43.5 Å². The Morgan fingerprint density at radius 1 is 1.19 bits per heavy atom. The molecule has 2 aliphatic rings. The second-order valence-electron chi connectivity index (χ2n) is 7.50. The molecule has 0 radical (unpaired) electrons. The Morgan fingerprint density at radius 3 is 2.56 bits per heavy atom. The topological polar surface area (TPSA) is 49.4 Å². The average molecular weight is 393 g/mol. The molecule has 1 heterocycles. The van der Waals surface area contributed by atoms with Gasteiger partial charge in [0.25, 0.3) is 5.91 Å². The fourth-order valence-electron chi connectivity index (χ4n) is 4.02. The number of benzene rings is 1. The van der Waals surface area contributed by atoms with Crippen LogP contribution in [0.15, 0.2) is 24.3 Å². The highest BCUT2D eigenvalue weighted by Gasteiger charge is 2.45. The van der Waals surface area contributed by atoms with Gasteiger partial charge in [-0.05, 0) is 49.4 Å². The first kappa shape index (κ1) is 20.2. The highest BCUT2D eigenvalue weighted by Crippen LogP contribution is 2.41. The third kappa shape index (κ3) is 4.84. The van der Waals surface area contributed by atoms with Crippen molar-refractivity contribution < 1.29 is 14.0 Å². The lowest BCUT2D eigenvalue weighted by molar-refractivity contribution is -0.125. The fourth-order valence-corrected chi connectivity index (χ4v) is 5.66. The number of nitrogens with zero attached hydrogens (tertiary/aromatic N) is 1. The van der Waals surface area contributed by atoms with Crippen molar-refractivity contribution in [2.75, 3.05) is 12.3 Å². The number of hydrogen-bond acceptors (Lipinski definition) is 3. The lowest BCUT2D eigenvalue weighted by Gasteiger charge is -2.35. The maximum absolute atomic E-state index is 13.3. The first-order valence-corrected chi connectivity index (χ1v) is 11.1. The number of halogens is 1. The zero-order valence-corrected chi connectivity index (χ0v) is 16.8. The van der Waals surface area contributed by atoms with Crippen molar-refractivity contribution >= 4 is 23.6 Å². The van der Waals surface area contributed by atoms with Gasteiger partial charge in [-0.1, -0.05) is 32.6 Å². The molecule has 1 aliphatic heterocycles. The summed E-state index contributed by atoms with van der Waals surface area (Å²) in [6, 6.07) is 5.20. The molecule has 0 bridgehead atoms. The normalized spacial score (nSPS) is 23.4. The standard InChI is InChI=1S/C21H29FN2O2S/c1-2-3-13-23-19(25)18-14-27-21(16-7-5-4-6-8-16)24(18)20(26)15-9-11-17(22)12-10-15/h9-12,16,18,21H,2-8,13-14H2,1H3,(H,23,25)/t18-,21-/m0/s1. The molecule has 148 valence electrons. The van der Waals surface area contributed by atoms with E-state index in [0.717, 1.165) is 25.7 Å². The molecule has 0 unspecified atom stereocenters. The second kappa shape index (κ2) is 9.58. The minimum absolute atomic E-state index is 0.0322. The van der Waals surface area contributed by atoms with Crippen LogP contribution in [-0.4, -0.2) is 40.4 Å². The summed E-state index contributed by atoms with van der Waals surface area (Å²) in [4.78, 5) is 27.8. The Labute approximate surface area is 165 Å². The van der Waals surface area contributed by atoms with Crippen molar-refractivity contribution in [1.29, 1.82) is 0 Å². The number of carbonyl (C=O) groups is 2. The van der Waals surface area contributed by atoms with E-state index >= 15 is 0 Å². The van der Waals surface area contributed by atoms with Crippen molar-refractivity contribution in [2.24, 2.45) is 5.92 Å². The highest BCUT2D eigenvalue weighted by molar-refractivity contribution is 8.00. The summed E-state index contributed by atoms with van der Waals surface area (Å²) in [6.07, 6.45) is 7.79. The number of amides is 2. The zero-order valence-electron chi connectivity index (χ0n) is 16.0. The van der Waals surface area contributed by atoms with Gasteiger partial charge in [-0.15, -0.1) is 11.8 Å². The maximum Gasteiger partial charge on any atom is 0.255 e. The van der Waals surface area contributed by atoms with Crippen LogP contribution in [0.3, 0.4) is 0 Å². The predicted molar refractivity (Wildman–Crippen MR) is 107 cm³/mol. The molecule has 27 heavy (non-hydrogen) atoms. The Balaban J connectivity index is 1.80. The number of carbonyl (C=O) groups excluding carboxylic acids is 2. The van der Waals surface area contributed by atoms with Gasteiger partial charge >= 0.3 is 0 Å². The maximum atomic E-state index is 13.3. The predicted octanol–water partition coefficient (Wildman–Crippen LogP) is 4.21. The van der Waals surface area contributed by atoms with Crippen molar-refractivity contribution in [3.63, 3.8) is 0 Å². The summed E-state index contributed by atoms with van der Waals surface area (Å²) >= 11 is 1.73. The van der Waals surface area contributed by atoms with Crippen molar-refractivity contribution in [2.45, 2.75) is 63.3 Å². The van der Waals surface area contributed by atoms with E-state index in [-0.39, 0.29) is 23.0 Å². The summed E-state index contributed by atoms with van der Waals surface area (Å²) in [7, 11) is 0. The lowest BCUT2D eigenvalue weighted by Crippen LogP contribution is -2.51. The Bertz CT molecular complexity index is 646. The van der Waals surface area contributed by atoms with Gasteiger partial charge in [0.2, 0.25) is 5.91 Å². The van der Waals surface area contributed by atoms with Crippen molar-refractivity contribution in [3.05, 3.63) is 35.6 Å². The zero-order chi connectivity index (χ0) is 19.2. The van der Waals surface area contributed by atoms with Crippen LogP contribution in [0, 0.1) is 11.7 Å². The molecule has 0 aromatic heterocycles. The first-order valence-electron chi connectivity index (χ1n) is 10.1. The van der Waals surface area contributed by atoms with Crippen LogP contribution in [0.1, 0.15) is 62.2 Å². The van der Waals surface area contributed by atoms with E-state index in [1.54, 1.807) is 16.7 Å². The summed E-state index contributed by atoms with van der Waals surface area (Å²) in [6.45, 7) is 2.73. The molecule has 6 heteroatoms. The Morgan fingerprint density at radius 2 is 1.89 bits per heavy atom. The quantitative estimate of drug-likeness (QED) is 0.738. The number of thioether (sulfide) groups is 1. The minimum atomic E-state index is -0.448. The van der Waals surface area contributed by atoms with Gasteiger partial charge in [0.15, 0.2) is 0 Å². The molecular weight excluding hydrogens is 363 g/mol. The molecular formula is C21H29FN2O2S. The van der Waals surface area contributed by atoms with Crippen LogP contribution in [0.5, 0.6) is 0 Å².